The van der Waals surface area contributed by atoms with Crippen molar-refractivity contribution in [3.63, 3.8) is 0 Å². The van der Waals surface area contributed by atoms with Crippen LogP contribution in [-0.4, -0.2) is 59.0 Å². The number of hydrogen-bond acceptors (Lipinski definition) is 8. The number of amides is 1. The van der Waals surface area contributed by atoms with Gasteiger partial charge < -0.3 is 19.7 Å². The topological polar surface area (TPSA) is 147 Å². The highest BCUT2D eigenvalue weighted by molar-refractivity contribution is 7.85. The predicted octanol–water partition coefficient (Wildman–Crippen LogP) is 2.40. The molecule has 4 atom stereocenters. The number of carbonyl (C=O) groups is 1. The van der Waals surface area contributed by atoms with Gasteiger partial charge in [0.25, 0.3) is 0 Å². The Morgan fingerprint density at radius 3 is 2.86 bits per heavy atom. The highest BCUT2D eigenvalue weighted by atomic mass is 32.2. The molecule has 1 amide bonds. The predicted molar refractivity (Wildman–Crippen MR) is 127 cm³/mol. The van der Waals surface area contributed by atoms with Crippen molar-refractivity contribution in [2.24, 2.45) is 5.92 Å². The Labute approximate surface area is 202 Å². The number of aliphatic hydroxyl groups excluding tert-OH is 1. The van der Waals surface area contributed by atoms with E-state index in [0.29, 0.717) is 12.8 Å². The van der Waals surface area contributed by atoms with E-state index in [1.54, 1.807) is 6.33 Å². The molecule has 1 aromatic carbocycles. The van der Waals surface area contributed by atoms with E-state index in [0.717, 1.165) is 29.7 Å². The van der Waals surface area contributed by atoms with Crippen molar-refractivity contribution < 1.29 is 27.6 Å². The van der Waals surface area contributed by atoms with Gasteiger partial charge in [0.15, 0.2) is 0 Å². The lowest BCUT2D eigenvalue weighted by Crippen LogP contribution is -2.32. The third kappa shape index (κ3) is 4.56. The second-order valence-corrected chi connectivity index (χ2v) is 10.5. The van der Waals surface area contributed by atoms with Gasteiger partial charge in [0.2, 0.25) is 0 Å². The molecule has 0 aliphatic heterocycles. The molecule has 186 valence electrons. The van der Waals surface area contributed by atoms with Gasteiger partial charge in [0.05, 0.1) is 24.1 Å². The van der Waals surface area contributed by atoms with Crippen LogP contribution in [-0.2, 0) is 20.9 Å². The maximum atomic E-state index is 11.7. The zero-order chi connectivity index (χ0) is 24.7. The maximum Gasteiger partial charge on any atom is 0.420 e. The van der Waals surface area contributed by atoms with Crippen LogP contribution in [0, 0.1) is 5.92 Å². The highest BCUT2D eigenvalue weighted by Gasteiger charge is 2.36. The van der Waals surface area contributed by atoms with Crippen molar-refractivity contribution in [1.29, 1.82) is 0 Å². The van der Waals surface area contributed by atoms with Gasteiger partial charge in [-0.25, -0.2) is 14.8 Å². The van der Waals surface area contributed by atoms with Crippen molar-refractivity contribution in [2.45, 2.75) is 43.9 Å². The fraction of sp³-hybridized carbons (Fsp3) is 0.435. The molecule has 2 aliphatic carbocycles. The number of carboxylic acid groups (broad SMARTS) is 1. The third-order valence-electron chi connectivity index (χ3n) is 7.07. The Kier molecular flexibility index (Phi) is 6.11. The highest BCUT2D eigenvalue weighted by Crippen LogP contribution is 2.41. The van der Waals surface area contributed by atoms with Crippen LogP contribution in [0.15, 0.2) is 42.9 Å². The van der Waals surface area contributed by atoms with Crippen LogP contribution < -0.4 is 9.62 Å². The first-order valence-corrected chi connectivity index (χ1v) is 12.8. The Hall–Kier alpha value is -3.22. The normalized spacial score (nSPS) is 23.9. The lowest BCUT2D eigenvalue weighted by molar-refractivity contribution is 0.0997. The van der Waals surface area contributed by atoms with E-state index in [2.05, 4.69) is 39.1 Å². The van der Waals surface area contributed by atoms with E-state index in [1.165, 1.54) is 15.8 Å². The first-order chi connectivity index (χ1) is 16.7. The van der Waals surface area contributed by atoms with Crippen molar-refractivity contribution in [3.05, 3.63) is 54.0 Å². The zero-order valence-electron chi connectivity index (χ0n) is 19.1. The van der Waals surface area contributed by atoms with E-state index in [1.807, 2.05) is 23.9 Å². The third-order valence-corrected chi connectivity index (χ3v) is 7.94. The molecule has 35 heavy (non-hydrogen) atoms. The number of benzene rings is 1. The standard InChI is InChI=1S/C23H27N5O6S/c1-27(19-7-6-14-4-2-3-5-17(14)19)21-18-8-9-28(22(18)25-13-24-21)16-10-15(20(29)11-16)12-34-35(32,33)26-23(30)31/h2-5,8-9,13,15-16,19-20,26,29H,6-7,10-12H2,1H3,(H,30,31)/t15-,16+,19-,20-/m0/s1. The fourth-order valence-corrected chi connectivity index (χ4v) is 6.04. The van der Waals surface area contributed by atoms with Gasteiger partial charge in [-0.1, -0.05) is 24.3 Å². The molecule has 3 aromatic rings. The van der Waals surface area contributed by atoms with Crippen LogP contribution in [0.3, 0.4) is 0 Å². The van der Waals surface area contributed by atoms with Crippen LogP contribution >= 0.6 is 0 Å². The molecule has 5 rings (SSSR count). The van der Waals surface area contributed by atoms with Crippen molar-refractivity contribution in [2.75, 3.05) is 18.6 Å². The minimum atomic E-state index is -4.44. The van der Waals surface area contributed by atoms with E-state index >= 15 is 0 Å². The minimum absolute atomic E-state index is 0.119. The molecule has 2 aromatic heterocycles. The molecule has 0 spiro atoms. The molecule has 0 saturated heterocycles. The minimum Gasteiger partial charge on any atom is -0.464 e. The molecule has 1 saturated carbocycles. The molecule has 0 radical (unpaired) electrons. The first kappa shape index (κ1) is 23.5. The van der Waals surface area contributed by atoms with Crippen LogP contribution in [0.1, 0.15) is 42.5 Å². The molecule has 2 aliphatic rings. The number of rotatable bonds is 7. The Morgan fingerprint density at radius 1 is 1.26 bits per heavy atom. The number of nitrogens with zero attached hydrogens (tertiary/aromatic N) is 4. The fourth-order valence-electron chi connectivity index (χ4n) is 5.41. The molecule has 3 N–H and O–H groups in total. The molecule has 12 heteroatoms. The van der Waals surface area contributed by atoms with Gasteiger partial charge in [-0.05, 0) is 42.9 Å². The summed E-state index contributed by atoms with van der Waals surface area (Å²) in [5.41, 5.74) is 3.42. The van der Waals surface area contributed by atoms with Gasteiger partial charge >= 0.3 is 16.4 Å². The van der Waals surface area contributed by atoms with Crippen LogP contribution in [0.25, 0.3) is 11.0 Å². The second-order valence-electron chi connectivity index (χ2n) is 9.12. The average Bonchev–Trinajstić information content (AvgIpc) is 3.52. The average molecular weight is 502 g/mol. The summed E-state index contributed by atoms with van der Waals surface area (Å²) in [5.74, 6) is 0.363. The molecular weight excluding hydrogens is 474 g/mol. The number of aliphatic hydroxyl groups is 1. The van der Waals surface area contributed by atoms with Gasteiger partial charge in [0, 0.05) is 25.2 Å². The summed E-state index contributed by atoms with van der Waals surface area (Å²) in [7, 11) is -2.39. The summed E-state index contributed by atoms with van der Waals surface area (Å²) in [5, 5.41) is 20.0. The van der Waals surface area contributed by atoms with Crippen LogP contribution in [0.2, 0.25) is 0 Å². The van der Waals surface area contributed by atoms with Crippen LogP contribution in [0.5, 0.6) is 0 Å². The summed E-state index contributed by atoms with van der Waals surface area (Å²) < 4.78 is 31.4. The number of fused-ring (bicyclic) bond motifs is 2. The molecule has 2 heterocycles. The lowest BCUT2D eigenvalue weighted by atomic mass is 10.1. The smallest absolute Gasteiger partial charge is 0.420 e. The van der Waals surface area contributed by atoms with Crippen molar-refractivity contribution in [3.8, 4) is 0 Å². The number of hydrogen-bond donors (Lipinski definition) is 3. The van der Waals surface area contributed by atoms with Gasteiger partial charge in [0.1, 0.15) is 17.8 Å². The van der Waals surface area contributed by atoms with Crippen molar-refractivity contribution >= 4 is 33.2 Å². The largest absolute Gasteiger partial charge is 0.464 e. The van der Waals surface area contributed by atoms with Crippen molar-refractivity contribution in [1.82, 2.24) is 19.3 Å². The monoisotopic (exact) mass is 501 g/mol. The Balaban J connectivity index is 1.35. The lowest BCUT2D eigenvalue weighted by Gasteiger charge is -2.27. The molecule has 0 unspecified atom stereocenters. The summed E-state index contributed by atoms with van der Waals surface area (Å²) in [6.07, 6.45) is 3.84. The number of anilines is 1. The van der Waals surface area contributed by atoms with Gasteiger partial charge in [-0.3, -0.25) is 4.18 Å². The molecule has 11 nitrogen and oxygen atoms in total. The van der Waals surface area contributed by atoms with E-state index in [-0.39, 0.29) is 18.7 Å². The number of aryl methyl sites for hydroxylation is 1. The Bertz CT molecular complexity index is 1360. The van der Waals surface area contributed by atoms with E-state index in [4.69, 9.17) is 9.29 Å². The quantitative estimate of drug-likeness (QED) is 0.444. The Morgan fingerprint density at radius 2 is 2.06 bits per heavy atom. The summed E-state index contributed by atoms with van der Waals surface area (Å²) >= 11 is 0. The molecule has 1 fully saturated rings. The summed E-state index contributed by atoms with van der Waals surface area (Å²) in [4.78, 5) is 21.9. The molecule has 0 bridgehead atoms. The van der Waals surface area contributed by atoms with E-state index in [9.17, 15) is 18.3 Å². The second kappa shape index (κ2) is 9.10. The van der Waals surface area contributed by atoms with Gasteiger partial charge in [-0.2, -0.15) is 13.1 Å². The first-order valence-electron chi connectivity index (χ1n) is 11.4. The summed E-state index contributed by atoms with van der Waals surface area (Å²) in [6, 6.07) is 10.5. The molecular formula is C23H27N5O6S. The summed E-state index contributed by atoms with van der Waals surface area (Å²) in [6.45, 7) is -0.316. The number of nitrogens with one attached hydrogen (secondary N) is 1. The van der Waals surface area contributed by atoms with E-state index < -0.39 is 28.4 Å². The van der Waals surface area contributed by atoms with Gasteiger partial charge in [-0.15, -0.1) is 0 Å². The number of aromatic nitrogens is 3. The maximum absolute atomic E-state index is 11.7. The van der Waals surface area contributed by atoms with Crippen LogP contribution in [0.4, 0.5) is 10.6 Å². The zero-order valence-corrected chi connectivity index (χ0v) is 19.9. The SMILES string of the molecule is CN(c1ncnc2c1ccn2[C@@H]1C[C@@H](COS(=O)(=O)NC(=O)O)[C@@H](O)C1)[C@H]1CCc2ccccc21.